The van der Waals surface area contributed by atoms with Gasteiger partial charge in [-0.1, -0.05) is 11.6 Å². The summed E-state index contributed by atoms with van der Waals surface area (Å²) in [7, 11) is 1.62. The number of halogens is 1. The number of methoxy groups -OCH3 is 1. The number of hydrogen-bond acceptors (Lipinski definition) is 7. The van der Waals surface area contributed by atoms with E-state index in [0.717, 1.165) is 39.3 Å². The number of benzene rings is 1. The van der Waals surface area contributed by atoms with Crippen LogP contribution in [0.5, 0.6) is 5.75 Å². The lowest BCUT2D eigenvalue weighted by Crippen LogP contribution is -2.48. The Kier molecular flexibility index (Phi) is 5.45. The Balaban J connectivity index is 1.53. The first-order chi connectivity index (χ1) is 17.5. The fourth-order valence-electron chi connectivity index (χ4n) is 4.63. The number of piperazine rings is 1. The van der Waals surface area contributed by atoms with Crippen molar-refractivity contribution in [2.24, 2.45) is 0 Å². The SMILES string of the molecule is COc1ccc(Cl)cc1-n1nc(N2CCN(C(C)=O)CC2)c2cnc(-c3cnn4cccnc34)cc21. The van der Waals surface area contributed by atoms with Gasteiger partial charge in [0, 0.05) is 56.7 Å². The van der Waals surface area contributed by atoms with Crippen molar-refractivity contribution in [3.05, 3.63) is 60.1 Å². The standard InChI is InChI=1S/C25H23ClN8O2/c1-16(35)31-8-10-32(11-9-31)25-19-14-28-20(18-15-29-33-7-3-6-27-24(18)33)13-21(19)34(30-25)22-12-17(26)4-5-23(22)36-2/h3-7,12-15H,8-11H2,1-2H3. The van der Waals surface area contributed by atoms with E-state index in [1.165, 1.54) is 0 Å². The topological polar surface area (TPSA) is 93.7 Å². The normalized spacial score (nSPS) is 14.1. The summed E-state index contributed by atoms with van der Waals surface area (Å²) in [5.74, 6) is 1.53. The molecule has 182 valence electrons. The first-order valence-corrected chi connectivity index (χ1v) is 11.9. The molecule has 1 amide bonds. The van der Waals surface area contributed by atoms with Crippen LogP contribution in [0.15, 0.2) is 55.1 Å². The third-order valence-electron chi connectivity index (χ3n) is 6.49. The lowest BCUT2D eigenvalue weighted by Gasteiger charge is -2.34. The van der Waals surface area contributed by atoms with Crippen LogP contribution >= 0.6 is 11.6 Å². The third kappa shape index (κ3) is 3.70. The van der Waals surface area contributed by atoms with Gasteiger partial charge in [0.15, 0.2) is 11.5 Å². The van der Waals surface area contributed by atoms with Gasteiger partial charge < -0.3 is 14.5 Å². The monoisotopic (exact) mass is 502 g/mol. The highest BCUT2D eigenvalue weighted by Crippen LogP contribution is 2.35. The van der Waals surface area contributed by atoms with Crippen molar-refractivity contribution in [3.8, 4) is 22.7 Å². The zero-order chi connectivity index (χ0) is 24.8. The van der Waals surface area contributed by atoms with E-state index in [0.29, 0.717) is 37.0 Å². The maximum absolute atomic E-state index is 11.8. The molecule has 1 aromatic carbocycles. The average molecular weight is 503 g/mol. The number of fused-ring (bicyclic) bond motifs is 2. The van der Waals surface area contributed by atoms with Gasteiger partial charge in [0.1, 0.15) is 11.4 Å². The van der Waals surface area contributed by atoms with Crippen molar-refractivity contribution in [2.75, 3.05) is 38.2 Å². The second kappa shape index (κ2) is 8.80. The van der Waals surface area contributed by atoms with E-state index in [1.54, 1.807) is 37.0 Å². The molecule has 0 unspecified atom stereocenters. The fraction of sp³-hybridized carbons (Fsp3) is 0.240. The average Bonchev–Trinajstić information content (AvgIpc) is 3.50. The number of nitrogens with zero attached hydrogens (tertiary/aromatic N) is 8. The van der Waals surface area contributed by atoms with Crippen LogP contribution in [-0.4, -0.2) is 73.5 Å². The van der Waals surface area contributed by atoms with Gasteiger partial charge in [0.25, 0.3) is 0 Å². The Morgan fingerprint density at radius 3 is 2.69 bits per heavy atom. The predicted octanol–water partition coefficient (Wildman–Crippen LogP) is 3.46. The van der Waals surface area contributed by atoms with Gasteiger partial charge >= 0.3 is 0 Å². The molecule has 1 saturated heterocycles. The summed E-state index contributed by atoms with van der Waals surface area (Å²) in [4.78, 5) is 25.1. The molecule has 0 radical (unpaired) electrons. The number of carbonyl (C=O) groups is 1. The highest BCUT2D eigenvalue weighted by Gasteiger charge is 2.25. The summed E-state index contributed by atoms with van der Waals surface area (Å²) in [6, 6.07) is 9.27. The summed E-state index contributed by atoms with van der Waals surface area (Å²) in [5, 5.41) is 10.9. The Labute approximate surface area is 211 Å². The largest absolute Gasteiger partial charge is 0.494 e. The molecule has 5 heterocycles. The summed E-state index contributed by atoms with van der Waals surface area (Å²) >= 11 is 6.38. The van der Waals surface area contributed by atoms with Crippen LogP contribution in [0, 0.1) is 0 Å². The van der Waals surface area contributed by atoms with Gasteiger partial charge in [0.05, 0.1) is 35.5 Å². The van der Waals surface area contributed by atoms with Crippen molar-refractivity contribution >= 4 is 39.9 Å². The van der Waals surface area contributed by atoms with E-state index >= 15 is 0 Å². The molecule has 11 heteroatoms. The van der Waals surface area contributed by atoms with Gasteiger partial charge in [-0.3, -0.25) is 9.78 Å². The van der Waals surface area contributed by atoms with Gasteiger partial charge in [-0.05, 0) is 30.3 Å². The number of hydrogen-bond donors (Lipinski definition) is 0. The molecule has 5 aromatic rings. The highest BCUT2D eigenvalue weighted by molar-refractivity contribution is 6.30. The number of rotatable bonds is 4. The summed E-state index contributed by atoms with van der Waals surface area (Å²) < 4.78 is 9.21. The Hall–Kier alpha value is -4.18. The number of amides is 1. The minimum absolute atomic E-state index is 0.0852. The zero-order valence-electron chi connectivity index (χ0n) is 19.8. The molecule has 0 spiro atoms. The molecule has 4 aromatic heterocycles. The van der Waals surface area contributed by atoms with Crippen LogP contribution in [0.4, 0.5) is 5.82 Å². The van der Waals surface area contributed by atoms with Crippen molar-refractivity contribution in [2.45, 2.75) is 6.92 Å². The van der Waals surface area contributed by atoms with Gasteiger partial charge in [-0.15, -0.1) is 5.10 Å². The molecule has 36 heavy (non-hydrogen) atoms. The van der Waals surface area contributed by atoms with Gasteiger partial charge in [0.2, 0.25) is 5.91 Å². The quantitative estimate of drug-likeness (QED) is 0.371. The van der Waals surface area contributed by atoms with Crippen LogP contribution in [0.3, 0.4) is 0 Å². The fourth-order valence-corrected chi connectivity index (χ4v) is 4.80. The van der Waals surface area contributed by atoms with E-state index in [-0.39, 0.29) is 5.91 Å². The number of anilines is 1. The van der Waals surface area contributed by atoms with Crippen LogP contribution in [0.1, 0.15) is 6.92 Å². The molecule has 0 saturated carbocycles. The minimum atomic E-state index is 0.0852. The van der Waals surface area contributed by atoms with E-state index in [1.807, 2.05) is 46.2 Å². The first-order valence-electron chi connectivity index (χ1n) is 11.6. The van der Waals surface area contributed by atoms with Gasteiger partial charge in [-0.2, -0.15) is 5.10 Å². The number of aromatic nitrogens is 6. The number of carbonyl (C=O) groups excluding carboxylic acids is 1. The second-order valence-corrected chi connectivity index (χ2v) is 9.01. The van der Waals surface area contributed by atoms with Crippen LogP contribution < -0.4 is 9.64 Å². The molecule has 10 nitrogen and oxygen atoms in total. The van der Waals surface area contributed by atoms with Crippen molar-refractivity contribution < 1.29 is 9.53 Å². The Bertz CT molecular complexity index is 1600. The smallest absolute Gasteiger partial charge is 0.219 e. The van der Waals surface area contributed by atoms with Crippen molar-refractivity contribution in [1.29, 1.82) is 0 Å². The second-order valence-electron chi connectivity index (χ2n) is 8.58. The van der Waals surface area contributed by atoms with Crippen LogP contribution in [0.2, 0.25) is 5.02 Å². The summed E-state index contributed by atoms with van der Waals surface area (Å²) in [6.07, 6.45) is 7.19. The lowest BCUT2D eigenvalue weighted by molar-refractivity contribution is -0.129. The highest BCUT2D eigenvalue weighted by atomic mass is 35.5. The molecule has 0 atom stereocenters. The first kappa shape index (κ1) is 22.3. The molecule has 0 aliphatic carbocycles. The third-order valence-corrected chi connectivity index (χ3v) is 6.73. The van der Waals surface area contributed by atoms with E-state index in [2.05, 4.69) is 15.0 Å². The van der Waals surface area contributed by atoms with Crippen LogP contribution in [0.25, 0.3) is 33.5 Å². The number of ether oxygens (including phenoxy) is 1. The molecule has 0 bridgehead atoms. The lowest BCUT2D eigenvalue weighted by atomic mass is 10.1. The van der Waals surface area contributed by atoms with Gasteiger partial charge in [-0.25, -0.2) is 14.2 Å². The van der Waals surface area contributed by atoms with E-state index < -0.39 is 0 Å². The number of pyridine rings is 1. The Morgan fingerprint density at radius 1 is 1.08 bits per heavy atom. The molecular formula is C25H23ClN8O2. The predicted molar refractivity (Wildman–Crippen MR) is 137 cm³/mol. The van der Waals surface area contributed by atoms with Crippen molar-refractivity contribution in [3.63, 3.8) is 0 Å². The molecule has 0 N–H and O–H groups in total. The van der Waals surface area contributed by atoms with E-state index in [4.69, 9.17) is 26.4 Å². The molecule has 1 aliphatic rings. The molecular weight excluding hydrogens is 480 g/mol. The molecule has 1 fully saturated rings. The summed E-state index contributed by atoms with van der Waals surface area (Å²) in [6.45, 7) is 4.25. The van der Waals surface area contributed by atoms with E-state index in [9.17, 15) is 4.79 Å². The van der Waals surface area contributed by atoms with Crippen molar-refractivity contribution in [1.82, 2.24) is 34.3 Å². The maximum atomic E-state index is 11.8. The Morgan fingerprint density at radius 2 is 1.92 bits per heavy atom. The minimum Gasteiger partial charge on any atom is -0.494 e. The maximum Gasteiger partial charge on any atom is 0.219 e. The molecule has 6 rings (SSSR count). The van der Waals surface area contributed by atoms with Crippen LogP contribution in [-0.2, 0) is 4.79 Å². The zero-order valence-corrected chi connectivity index (χ0v) is 20.6. The molecule has 1 aliphatic heterocycles. The summed E-state index contributed by atoms with van der Waals surface area (Å²) in [5.41, 5.74) is 3.83.